The van der Waals surface area contributed by atoms with Crippen LogP contribution in [0.1, 0.15) is 62.1 Å². The van der Waals surface area contributed by atoms with Crippen molar-refractivity contribution >= 4 is 0 Å². The van der Waals surface area contributed by atoms with Gasteiger partial charge in [0, 0.05) is 23.5 Å². The molecule has 1 atom stereocenters. The van der Waals surface area contributed by atoms with Crippen LogP contribution in [0, 0.1) is 12.3 Å². The Morgan fingerprint density at radius 2 is 1.94 bits per heavy atom. The molecule has 0 saturated carbocycles. The van der Waals surface area contributed by atoms with Gasteiger partial charge in [-0.15, -0.1) is 0 Å². The molecule has 0 fully saturated rings. The quantitative estimate of drug-likeness (QED) is 0.751. The number of hydrogen-bond donors (Lipinski definition) is 1. The van der Waals surface area contributed by atoms with Crippen LogP contribution in [-0.2, 0) is 6.42 Å². The summed E-state index contributed by atoms with van der Waals surface area (Å²) in [6.45, 7) is 6.92. The van der Waals surface area contributed by atoms with Crippen molar-refractivity contribution in [1.29, 1.82) is 0 Å². The first kappa shape index (κ1) is 12.0. The molecule has 2 aliphatic rings. The lowest BCUT2D eigenvalue weighted by Gasteiger charge is -2.35. The lowest BCUT2D eigenvalue weighted by Crippen LogP contribution is -2.31. The molecule has 0 spiro atoms. The normalized spacial score (nSPS) is 26.6. The van der Waals surface area contributed by atoms with Gasteiger partial charge in [-0.3, -0.25) is 0 Å². The molecule has 3 rings (SSSR count). The Bertz CT molecular complexity index is 485. The van der Waals surface area contributed by atoms with Crippen molar-refractivity contribution in [2.45, 2.75) is 58.5 Å². The van der Waals surface area contributed by atoms with Gasteiger partial charge in [-0.2, -0.15) is 0 Å². The van der Waals surface area contributed by atoms with Crippen LogP contribution in [-0.4, -0.2) is 4.57 Å². The van der Waals surface area contributed by atoms with Crippen molar-refractivity contribution in [2.24, 2.45) is 11.1 Å². The summed E-state index contributed by atoms with van der Waals surface area (Å²) < 4.78 is 2.57. The maximum absolute atomic E-state index is 6.37. The Morgan fingerprint density at radius 3 is 2.61 bits per heavy atom. The van der Waals surface area contributed by atoms with E-state index in [0.717, 1.165) is 6.42 Å². The number of hydrogen-bond acceptors (Lipinski definition) is 1. The largest absolute Gasteiger partial charge is 0.345 e. The van der Waals surface area contributed by atoms with Crippen LogP contribution in [0.2, 0.25) is 0 Å². The first-order valence-electron chi connectivity index (χ1n) is 7.09. The summed E-state index contributed by atoms with van der Waals surface area (Å²) in [6.07, 6.45) is 9.25. The van der Waals surface area contributed by atoms with Crippen LogP contribution in [0.5, 0.6) is 0 Å². The third-order valence-corrected chi connectivity index (χ3v) is 4.53. The predicted molar refractivity (Wildman–Crippen MR) is 75.6 cm³/mol. The molecular formula is C16H24N2. The second-order valence-corrected chi connectivity index (χ2v) is 6.81. The summed E-state index contributed by atoms with van der Waals surface area (Å²) in [5, 5.41) is 0. The van der Waals surface area contributed by atoms with E-state index in [0.29, 0.717) is 11.5 Å². The van der Waals surface area contributed by atoms with Crippen molar-refractivity contribution in [3.63, 3.8) is 0 Å². The van der Waals surface area contributed by atoms with Crippen LogP contribution in [0.25, 0.3) is 0 Å². The molecule has 18 heavy (non-hydrogen) atoms. The smallest absolute Gasteiger partial charge is 0.0404 e. The van der Waals surface area contributed by atoms with E-state index in [1.54, 1.807) is 0 Å². The van der Waals surface area contributed by atoms with Gasteiger partial charge in [0.25, 0.3) is 0 Å². The molecule has 2 aliphatic carbocycles. The molecule has 0 bridgehead atoms. The lowest BCUT2D eigenvalue weighted by atomic mass is 9.74. The van der Waals surface area contributed by atoms with Gasteiger partial charge in [0.15, 0.2) is 0 Å². The summed E-state index contributed by atoms with van der Waals surface area (Å²) in [5.41, 5.74) is 11.0. The monoisotopic (exact) mass is 244 g/mol. The maximum Gasteiger partial charge on any atom is 0.0404 e. The zero-order valence-electron chi connectivity index (χ0n) is 11.7. The Hall–Kier alpha value is -1.02. The summed E-state index contributed by atoms with van der Waals surface area (Å²) in [5.74, 6) is 0. The summed E-state index contributed by atoms with van der Waals surface area (Å²) in [6, 6.07) is 3.18. The Balaban J connectivity index is 2.06. The zero-order valence-corrected chi connectivity index (χ0v) is 11.7. The highest BCUT2D eigenvalue weighted by Gasteiger charge is 2.34. The summed E-state index contributed by atoms with van der Waals surface area (Å²) >= 11 is 0. The third-order valence-electron chi connectivity index (χ3n) is 4.53. The molecule has 1 aromatic rings. The minimum atomic E-state index is 0.220. The van der Waals surface area contributed by atoms with Crippen LogP contribution in [0.3, 0.4) is 0 Å². The topological polar surface area (TPSA) is 30.9 Å². The molecule has 2 N–H and O–H groups in total. The van der Waals surface area contributed by atoms with Gasteiger partial charge in [0.2, 0.25) is 0 Å². The van der Waals surface area contributed by atoms with Gasteiger partial charge < -0.3 is 10.3 Å². The number of allylic oxidation sites excluding steroid dienone is 2. The van der Waals surface area contributed by atoms with Crippen LogP contribution in [0.15, 0.2) is 18.2 Å². The molecule has 2 heteroatoms. The number of aromatic nitrogens is 1. The molecule has 0 amide bonds. The minimum Gasteiger partial charge on any atom is -0.345 e. The predicted octanol–water partition coefficient (Wildman–Crippen LogP) is 3.66. The molecule has 2 nitrogen and oxygen atoms in total. The maximum atomic E-state index is 6.37. The van der Waals surface area contributed by atoms with Crippen molar-refractivity contribution in [1.82, 2.24) is 4.57 Å². The second-order valence-electron chi connectivity index (χ2n) is 6.81. The van der Waals surface area contributed by atoms with Gasteiger partial charge in [0.1, 0.15) is 0 Å². The molecule has 0 saturated heterocycles. The van der Waals surface area contributed by atoms with Crippen molar-refractivity contribution in [2.75, 3.05) is 0 Å². The van der Waals surface area contributed by atoms with Gasteiger partial charge in [-0.25, -0.2) is 0 Å². The minimum absolute atomic E-state index is 0.220. The molecule has 1 aromatic heterocycles. The highest BCUT2D eigenvalue weighted by Crippen LogP contribution is 2.43. The molecule has 1 unspecified atom stereocenters. The molecule has 0 aliphatic heterocycles. The fourth-order valence-corrected chi connectivity index (χ4v) is 3.79. The number of nitrogens with two attached hydrogens (primary N) is 1. The van der Waals surface area contributed by atoms with Crippen LogP contribution >= 0.6 is 0 Å². The highest BCUT2D eigenvalue weighted by molar-refractivity contribution is 5.35. The standard InChI is InChI=1S/C16H24N2/c1-11-8-13-14(17)9-16(2,3)10-15(13)18(11)12-6-4-5-7-12/h4-5,8,12,14H,6-7,9-10,17H2,1-3H3. The van der Waals surface area contributed by atoms with E-state index >= 15 is 0 Å². The number of nitrogens with zero attached hydrogens (tertiary/aromatic N) is 1. The van der Waals surface area contributed by atoms with E-state index in [9.17, 15) is 0 Å². The van der Waals surface area contributed by atoms with Gasteiger partial charge in [-0.05, 0) is 49.7 Å². The van der Waals surface area contributed by atoms with E-state index in [1.807, 2.05) is 0 Å². The SMILES string of the molecule is Cc1cc2c(n1C1CC=CC1)CC(C)(C)CC2N. The number of aryl methyl sites for hydroxylation is 1. The van der Waals surface area contributed by atoms with Crippen molar-refractivity contribution < 1.29 is 0 Å². The van der Waals surface area contributed by atoms with Crippen LogP contribution < -0.4 is 5.73 Å². The van der Waals surface area contributed by atoms with E-state index in [4.69, 9.17) is 5.73 Å². The summed E-state index contributed by atoms with van der Waals surface area (Å²) in [7, 11) is 0. The number of rotatable bonds is 1. The molecule has 98 valence electrons. The average molecular weight is 244 g/mol. The zero-order chi connectivity index (χ0) is 12.9. The second kappa shape index (κ2) is 3.99. The van der Waals surface area contributed by atoms with E-state index in [1.165, 1.54) is 36.2 Å². The molecule has 0 radical (unpaired) electrons. The van der Waals surface area contributed by atoms with Gasteiger partial charge in [-0.1, -0.05) is 26.0 Å². The van der Waals surface area contributed by atoms with Crippen molar-refractivity contribution in [3.8, 4) is 0 Å². The first-order chi connectivity index (χ1) is 8.48. The van der Waals surface area contributed by atoms with Gasteiger partial charge in [0.05, 0.1) is 0 Å². The average Bonchev–Trinajstić information content (AvgIpc) is 2.83. The lowest BCUT2D eigenvalue weighted by molar-refractivity contribution is 0.271. The fraction of sp³-hybridized carbons (Fsp3) is 0.625. The van der Waals surface area contributed by atoms with Gasteiger partial charge >= 0.3 is 0 Å². The van der Waals surface area contributed by atoms with E-state index in [-0.39, 0.29) is 6.04 Å². The molecule has 1 heterocycles. The van der Waals surface area contributed by atoms with Crippen LogP contribution in [0.4, 0.5) is 0 Å². The number of fused-ring (bicyclic) bond motifs is 1. The summed E-state index contributed by atoms with van der Waals surface area (Å²) in [4.78, 5) is 0. The Labute approximate surface area is 110 Å². The Kier molecular flexibility index (Phi) is 2.67. The fourth-order valence-electron chi connectivity index (χ4n) is 3.79. The third kappa shape index (κ3) is 1.83. The van der Waals surface area contributed by atoms with E-state index < -0.39 is 0 Å². The molecular weight excluding hydrogens is 220 g/mol. The van der Waals surface area contributed by atoms with Crippen molar-refractivity contribution in [3.05, 3.63) is 35.2 Å². The van der Waals surface area contributed by atoms with E-state index in [2.05, 4.69) is 43.6 Å². The highest BCUT2D eigenvalue weighted by atomic mass is 15.0. The molecule has 0 aromatic carbocycles. The Morgan fingerprint density at radius 1 is 1.28 bits per heavy atom. The first-order valence-corrected chi connectivity index (χ1v) is 7.09.